The summed E-state index contributed by atoms with van der Waals surface area (Å²) in [6, 6.07) is 0. The van der Waals surface area contributed by atoms with Crippen LogP contribution in [0.25, 0.3) is 0 Å². The molecule has 0 saturated carbocycles. The maximum atomic E-state index is 5.49. The Morgan fingerprint density at radius 2 is 2.14 bits per heavy atom. The summed E-state index contributed by atoms with van der Waals surface area (Å²) in [6.07, 6.45) is 2.79. The minimum atomic E-state index is 0.540. The van der Waals surface area contributed by atoms with Crippen molar-refractivity contribution < 1.29 is 0 Å². The minimum Gasteiger partial charge on any atom is -0.345 e. The molecule has 0 saturated heterocycles. The van der Waals surface area contributed by atoms with E-state index in [1.54, 1.807) is 0 Å². The Morgan fingerprint density at radius 3 is 2.64 bits per heavy atom. The van der Waals surface area contributed by atoms with E-state index in [9.17, 15) is 0 Å². The van der Waals surface area contributed by atoms with Gasteiger partial charge in [-0.2, -0.15) is 0 Å². The third kappa shape index (κ3) is 3.12. The topological polar surface area (TPSA) is 57.9 Å². The number of rotatable bonds is 6. The van der Waals surface area contributed by atoms with Crippen molar-refractivity contribution in [1.29, 1.82) is 0 Å². The molecule has 0 amide bonds. The Bertz CT molecular complexity index is 252. The summed E-state index contributed by atoms with van der Waals surface area (Å²) in [5, 5.41) is 0. The highest BCUT2D eigenvalue weighted by molar-refractivity contribution is 5.00. The molecule has 0 aliphatic heterocycles. The maximum Gasteiger partial charge on any atom is 0.107 e. The van der Waals surface area contributed by atoms with E-state index in [0.29, 0.717) is 6.54 Å². The molecule has 3 N–H and O–H groups in total. The van der Waals surface area contributed by atoms with Gasteiger partial charge in [-0.15, -0.1) is 0 Å². The summed E-state index contributed by atoms with van der Waals surface area (Å²) in [5.74, 6) is 1.04. The lowest BCUT2D eigenvalue weighted by Crippen LogP contribution is -2.25. The molecule has 14 heavy (non-hydrogen) atoms. The zero-order valence-electron chi connectivity index (χ0n) is 9.08. The van der Waals surface area contributed by atoms with Gasteiger partial charge < -0.3 is 15.6 Å². The van der Waals surface area contributed by atoms with E-state index in [-0.39, 0.29) is 0 Å². The number of likely N-dealkylation sites (N-methyl/N-ethyl adjacent to an activating group) is 1. The molecule has 80 valence electrons. The number of nitrogens with one attached hydrogen (secondary N) is 1. The molecular weight excluding hydrogens is 176 g/mol. The highest BCUT2D eigenvalue weighted by Gasteiger charge is 2.02. The van der Waals surface area contributed by atoms with Crippen molar-refractivity contribution in [2.24, 2.45) is 5.73 Å². The predicted octanol–water partition coefficient (Wildman–Crippen LogP) is 0.753. The lowest BCUT2D eigenvalue weighted by molar-refractivity contribution is 0.306. The highest BCUT2D eigenvalue weighted by atomic mass is 15.1. The van der Waals surface area contributed by atoms with Crippen LogP contribution in [0.3, 0.4) is 0 Å². The van der Waals surface area contributed by atoms with Gasteiger partial charge in [-0.1, -0.05) is 13.8 Å². The smallest absolute Gasteiger partial charge is 0.107 e. The predicted molar refractivity (Wildman–Crippen MR) is 58.0 cm³/mol. The van der Waals surface area contributed by atoms with Crippen molar-refractivity contribution >= 4 is 0 Å². The van der Waals surface area contributed by atoms with Crippen molar-refractivity contribution in [3.8, 4) is 0 Å². The standard InChI is InChI=1S/C10H20N4/c1-3-14(4-2)6-5-10-12-8-9(7-11)13-10/h8H,3-7,11H2,1-2H3,(H,12,13). The Kier molecular flexibility index (Phi) is 4.62. The van der Waals surface area contributed by atoms with Gasteiger partial charge in [0.05, 0.1) is 0 Å². The quantitative estimate of drug-likeness (QED) is 0.706. The molecule has 0 bridgehead atoms. The first kappa shape index (κ1) is 11.2. The molecule has 1 aromatic heterocycles. The van der Waals surface area contributed by atoms with Crippen molar-refractivity contribution in [2.75, 3.05) is 19.6 Å². The molecule has 1 aromatic rings. The lowest BCUT2D eigenvalue weighted by Gasteiger charge is -2.16. The van der Waals surface area contributed by atoms with Gasteiger partial charge in [-0.3, -0.25) is 0 Å². The van der Waals surface area contributed by atoms with Gasteiger partial charge in [-0.05, 0) is 13.1 Å². The molecule has 1 rings (SSSR count). The van der Waals surface area contributed by atoms with Crippen molar-refractivity contribution in [1.82, 2.24) is 14.9 Å². The van der Waals surface area contributed by atoms with Gasteiger partial charge in [0, 0.05) is 31.4 Å². The van der Waals surface area contributed by atoms with Crippen LogP contribution in [0, 0.1) is 0 Å². The molecule has 0 unspecified atom stereocenters. The molecule has 0 atom stereocenters. The maximum absolute atomic E-state index is 5.49. The summed E-state index contributed by atoms with van der Waals surface area (Å²) >= 11 is 0. The van der Waals surface area contributed by atoms with Crippen molar-refractivity contribution in [3.05, 3.63) is 17.7 Å². The van der Waals surface area contributed by atoms with Crippen molar-refractivity contribution in [2.45, 2.75) is 26.8 Å². The first-order valence-electron chi connectivity index (χ1n) is 5.25. The van der Waals surface area contributed by atoms with E-state index in [1.807, 2.05) is 6.20 Å². The summed E-state index contributed by atoms with van der Waals surface area (Å²) in [5.41, 5.74) is 6.50. The lowest BCUT2D eigenvalue weighted by atomic mass is 10.3. The van der Waals surface area contributed by atoms with Crippen LogP contribution >= 0.6 is 0 Å². The SMILES string of the molecule is CCN(CC)CCc1ncc(CN)[nH]1. The molecule has 0 radical (unpaired) electrons. The molecule has 0 aromatic carbocycles. The van der Waals surface area contributed by atoms with Gasteiger partial charge in [0.1, 0.15) is 5.82 Å². The number of nitrogens with two attached hydrogens (primary N) is 1. The highest BCUT2D eigenvalue weighted by Crippen LogP contribution is 1.98. The number of aromatic nitrogens is 2. The van der Waals surface area contributed by atoms with Gasteiger partial charge in [0.2, 0.25) is 0 Å². The Labute approximate surface area is 85.5 Å². The Hall–Kier alpha value is -0.870. The summed E-state index contributed by atoms with van der Waals surface area (Å²) in [7, 11) is 0. The van der Waals surface area contributed by atoms with Crippen LogP contribution in [0.2, 0.25) is 0 Å². The monoisotopic (exact) mass is 196 g/mol. The van der Waals surface area contributed by atoms with Gasteiger partial charge in [0.15, 0.2) is 0 Å². The average Bonchev–Trinajstić information content (AvgIpc) is 2.67. The first-order chi connectivity index (χ1) is 6.80. The molecule has 1 heterocycles. The van der Waals surface area contributed by atoms with Crippen molar-refractivity contribution in [3.63, 3.8) is 0 Å². The molecule has 0 fully saturated rings. The molecule has 0 aliphatic carbocycles. The first-order valence-corrected chi connectivity index (χ1v) is 5.25. The van der Waals surface area contributed by atoms with Crippen LogP contribution in [0.5, 0.6) is 0 Å². The number of imidazole rings is 1. The number of H-pyrrole nitrogens is 1. The van der Waals surface area contributed by atoms with E-state index in [2.05, 4.69) is 28.7 Å². The fourth-order valence-electron chi connectivity index (χ4n) is 1.44. The second-order valence-corrected chi connectivity index (χ2v) is 3.34. The number of hydrogen-bond donors (Lipinski definition) is 2. The van der Waals surface area contributed by atoms with Gasteiger partial charge >= 0.3 is 0 Å². The average molecular weight is 196 g/mol. The third-order valence-electron chi connectivity index (χ3n) is 2.46. The van der Waals surface area contributed by atoms with E-state index < -0.39 is 0 Å². The van der Waals surface area contributed by atoms with Crippen LogP contribution in [-0.2, 0) is 13.0 Å². The van der Waals surface area contributed by atoms with E-state index in [4.69, 9.17) is 5.73 Å². The van der Waals surface area contributed by atoms with Gasteiger partial charge in [-0.25, -0.2) is 4.98 Å². The van der Waals surface area contributed by atoms with Crippen LogP contribution in [0.1, 0.15) is 25.4 Å². The summed E-state index contributed by atoms with van der Waals surface area (Å²) < 4.78 is 0. The molecule has 0 aliphatic rings. The van der Waals surface area contributed by atoms with Crippen LogP contribution in [0.15, 0.2) is 6.20 Å². The number of aromatic amines is 1. The van der Waals surface area contributed by atoms with Gasteiger partial charge in [0.25, 0.3) is 0 Å². The Morgan fingerprint density at radius 1 is 1.43 bits per heavy atom. The second-order valence-electron chi connectivity index (χ2n) is 3.34. The summed E-state index contributed by atoms with van der Waals surface area (Å²) in [6.45, 7) is 8.15. The fraction of sp³-hybridized carbons (Fsp3) is 0.700. The normalized spacial score (nSPS) is 11.1. The Balaban J connectivity index is 2.37. The summed E-state index contributed by atoms with van der Waals surface area (Å²) in [4.78, 5) is 9.85. The minimum absolute atomic E-state index is 0.540. The third-order valence-corrected chi connectivity index (χ3v) is 2.46. The van der Waals surface area contributed by atoms with Crippen LogP contribution in [0.4, 0.5) is 0 Å². The van der Waals surface area contributed by atoms with E-state index >= 15 is 0 Å². The molecular formula is C10H20N4. The molecule has 4 nitrogen and oxygen atoms in total. The largest absolute Gasteiger partial charge is 0.345 e. The van der Waals surface area contributed by atoms with E-state index in [1.165, 1.54) is 0 Å². The molecule has 4 heteroatoms. The fourth-order valence-corrected chi connectivity index (χ4v) is 1.44. The number of nitrogens with zero attached hydrogens (tertiary/aromatic N) is 2. The van der Waals surface area contributed by atoms with Crippen LogP contribution < -0.4 is 5.73 Å². The molecule has 0 spiro atoms. The number of hydrogen-bond acceptors (Lipinski definition) is 3. The second kappa shape index (κ2) is 5.78. The zero-order valence-corrected chi connectivity index (χ0v) is 9.08. The zero-order chi connectivity index (χ0) is 10.4. The van der Waals surface area contributed by atoms with Crippen LogP contribution in [-0.4, -0.2) is 34.5 Å². The van der Waals surface area contributed by atoms with E-state index in [0.717, 1.165) is 37.6 Å².